The fourth-order valence-electron chi connectivity index (χ4n) is 0.902. The Bertz CT molecular complexity index is 480. The summed E-state index contributed by atoms with van der Waals surface area (Å²) in [5.74, 6) is -1.18. The first-order valence-electron chi connectivity index (χ1n) is 3.29. The highest BCUT2D eigenvalue weighted by Gasteiger charge is 2.14. The van der Waals surface area contributed by atoms with Crippen LogP contribution in [0.25, 0.3) is 5.65 Å². The Morgan fingerprint density at radius 1 is 1.62 bits per heavy atom. The minimum absolute atomic E-state index is 0.139. The van der Waals surface area contributed by atoms with Crippen molar-refractivity contribution in [2.24, 2.45) is 0 Å². The molecule has 0 amide bonds. The van der Waals surface area contributed by atoms with Crippen molar-refractivity contribution < 1.29 is 9.90 Å². The van der Waals surface area contributed by atoms with Crippen molar-refractivity contribution in [2.45, 2.75) is 0 Å². The van der Waals surface area contributed by atoms with Crippen LogP contribution in [0.2, 0.25) is 5.15 Å². The first-order chi connectivity index (χ1) is 6.18. The highest BCUT2D eigenvalue weighted by Crippen LogP contribution is 2.08. The lowest BCUT2D eigenvalue weighted by molar-refractivity contribution is 0.0692. The maximum absolute atomic E-state index is 10.6. The van der Waals surface area contributed by atoms with E-state index in [0.717, 1.165) is 0 Å². The zero-order valence-electron chi connectivity index (χ0n) is 6.18. The van der Waals surface area contributed by atoms with Crippen molar-refractivity contribution in [3.8, 4) is 0 Å². The topological polar surface area (TPSA) is 80.4 Å². The molecule has 0 fully saturated rings. The van der Waals surface area contributed by atoms with Crippen molar-refractivity contribution in [3.63, 3.8) is 0 Å². The van der Waals surface area contributed by atoms with Crippen LogP contribution in [0.3, 0.4) is 0 Å². The van der Waals surface area contributed by atoms with Gasteiger partial charge in [-0.2, -0.15) is 0 Å². The Hall–Kier alpha value is -1.69. The molecule has 0 atom stereocenters. The third-order valence-corrected chi connectivity index (χ3v) is 1.65. The zero-order chi connectivity index (χ0) is 9.42. The summed E-state index contributed by atoms with van der Waals surface area (Å²) in [7, 11) is 0. The maximum atomic E-state index is 10.6. The van der Waals surface area contributed by atoms with Crippen molar-refractivity contribution in [1.82, 2.24) is 19.8 Å². The maximum Gasteiger partial charge on any atom is 0.360 e. The molecular formula is C6H3ClN4O2. The van der Waals surface area contributed by atoms with Crippen LogP contribution < -0.4 is 0 Å². The average molecular weight is 199 g/mol. The van der Waals surface area contributed by atoms with Gasteiger partial charge in [0.15, 0.2) is 5.65 Å². The number of hydrogen-bond acceptors (Lipinski definition) is 4. The van der Waals surface area contributed by atoms with Gasteiger partial charge in [-0.1, -0.05) is 16.8 Å². The van der Waals surface area contributed by atoms with Crippen LogP contribution in [0.5, 0.6) is 0 Å². The quantitative estimate of drug-likeness (QED) is 0.674. The molecule has 0 bridgehead atoms. The Balaban J connectivity index is 2.79. The minimum Gasteiger partial charge on any atom is -0.476 e. The van der Waals surface area contributed by atoms with E-state index in [1.807, 2.05) is 0 Å². The van der Waals surface area contributed by atoms with E-state index in [9.17, 15) is 4.79 Å². The lowest BCUT2D eigenvalue weighted by atomic mass is 10.4. The number of carbonyl (C=O) groups is 1. The van der Waals surface area contributed by atoms with Crippen molar-refractivity contribution >= 4 is 23.2 Å². The summed E-state index contributed by atoms with van der Waals surface area (Å²) in [6, 6.07) is 1.49. The number of halogens is 1. The normalized spacial score (nSPS) is 10.5. The number of carboxylic acid groups (broad SMARTS) is 1. The van der Waals surface area contributed by atoms with E-state index in [1.54, 1.807) is 0 Å². The summed E-state index contributed by atoms with van der Waals surface area (Å²) >= 11 is 5.58. The third kappa shape index (κ3) is 1.20. The molecule has 1 N–H and O–H groups in total. The Morgan fingerprint density at radius 2 is 2.38 bits per heavy atom. The highest BCUT2D eigenvalue weighted by atomic mass is 35.5. The highest BCUT2D eigenvalue weighted by molar-refractivity contribution is 6.29. The van der Waals surface area contributed by atoms with Crippen LogP contribution in [0.15, 0.2) is 12.3 Å². The molecule has 0 aliphatic heterocycles. The standard InChI is InChI=1S/C6H3ClN4O2/c7-3-1-2-11-5(8-3)4(6(12)13)9-10-11/h1-2H,(H,12,13). The second-order valence-electron chi connectivity index (χ2n) is 2.26. The molecule has 2 rings (SSSR count). The monoisotopic (exact) mass is 198 g/mol. The smallest absolute Gasteiger partial charge is 0.360 e. The molecular weight excluding hydrogens is 196 g/mol. The minimum atomic E-state index is -1.18. The van der Waals surface area contributed by atoms with E-state index in [-0.39, 0.29) is 16.5 Å². The largest absolute Gasteiger partial charge is 0.476 e. The van der Waals surface area contributed by atoms with E-state index in [0.29, 0.717) is 0 Å². The fraction of sp³-hybridized carbons (Fsp3) is 0. The van der Waals surface area contributed by atoms with E-state index >= 15 is 0 Å². The van der Waals surface area contributed by atoms with Crippen molar-refractivity contribution in [3.05, 3.63) is 23.1 Å². The van der Waals surface area contributed by atoms with Gasteiger partial charge in [0, 0.05) is 6.20 Å². The van der Waals surface area contributed by atoms with Gasteiger partial charge in [0.1, 0.15) is 5.15 Å². The van der Waals surface area contributed by atoms with Gasteiger partial charge < -0.3 is 5.11 Å². The lowest BCUT2D eigenvalue weighted by Gasteiger charge is -1.91. The molecule has 7 heteroatoms. The van der Waals surface area contributed by atoms with Crippen LogP contribution >= 0.6 is 11.6 Å². The molecule has 0 unspecified atom stereocenters. The molecule has 0 saturated heterocycles. The van der Waals surface area contributed by atoms with Gasteiger partial charge in [-0.25, -0.2) is 14.3 Å². The van der Waals surface area contributed by atoms with Gasteiger partial charge in [-0.3, -0.25) is 0 Å². The number of carboxylic acids is 1. The van der Waals surface area contributed by atoms with E-state index < -0.39 is 5.97 Å². The third-order valence-electron chi connectivity index (χ3n) is 1.44. The Labute approximate surface area is 76.8 Å². The number of aromatic nitrogens is 4. The number of fused-ring (bicyclic) bond motifs is 1. The second-order valence-corrected chi connectivity index (χ2v) is 2.65. The molecule has 0 aromatic carbocycles. The summed E-state index contributed by atoms with van der Waals surface area (Å²) in [5.41, 5.74) is -0.0671. The second kappa shape index (κ2) is 2.67. The van der Waals surface area contributed by atoms with Gasteiger partial charge >= 0.3 is 5.97 Å². The van der Waals surface area contributed by atoms with Crippen LogP contribution in [0.4, 0.5) is 0 Å². The molecule has 6 nitrogen and oxygen atoms in total. The van der Waals surface area contributed by atoms with Crippen LogP contribution in [0, 0.1) is 0 Å². The molecule has 0 aliphatic carbocycles. The van der Waals surface area contributed by atoms with Crippen LogP contribution in [-0.2, 0) is 0 Å². The lowest BCUT2D eigenvalue weighted by Crippen LogP contribution is -1.98. The summed E-state index contributed by atoms with van der Waals surface area (Å²) in [6.45, 7) is 0. The predicted octanol–water partition coefficient (Wildman–Crippen LogP) is 0.476. The van der Waals surface area contributed by atoms with Gasteiger partial charge in [0.05, 0.1) is 0 Å². The Morgan fingerprint density at radius 3 is 3.08 bits per heavy atom. The predicted molar refractivity (Wildman–Crippen MR) is 42.8 cm³/mol. The van der Waals surface area contributed by atoms with Crippen LogP contribution in [-0.4, -0.2) is 30.9 Å². The van der Waals surface area contributed by atoms with Gasteiger partial charge in [0.25, 0.3) is 0 Å². The summed E-state index contributed by atoms with van der Waals surface area (Å²) in [5, 5.41) is 15.8. The molecule has 13 heavy (non-hydrogen) atoms. The fourth-order valence-corrected chi connectivity index (χ4v) is 1.04. The van der Waals surface area contributed by atoms with Crippen molar-refractivity contribution in [2.75, 3.05) is 0 Å². The number of nitrogens with zero attached hydrogens (tertiary/aromatic N) is 4. The molecule has 2 heterocycles. The van der Waals surface area contributed by atoms with Crippen molar-refractivity contribution in [1.29, 1.82) is 0 Å². The van der Waals surface area contributed by atoms with E-state index in [4.69, 9.17) is 16.7 Å². The zero-order valence-corrected chi connectivity index (χ0v) is 6.93. The molecule has 0 spiro atoms. The van der Waals surface area contributed by atoms with Gasteiger partial charge in [0.2, 0.25) is 5.69 Å². The summed E-state index contributed by atoms with van der Waals surface area (Å²) < 4.78 is 1.25. The molecule has 0 saturated carbocycles. The van der Waals surface area contributed by atoms with E-state index in [2.05, 4.69) is 15.3 Å². The number of rotatable bonds is 1. The molecule has 2 aromatic heterocycles. The molecule has 2 aromatic rings. The molecule has 66 valence electrons. The molecule has 0 aliphatic rings. The Kier molecular flexibility index (Phi) is 1.63. The van der Waals surface area contributed by atoms with Gasteiger partial charge in [-0.05, 0) is 6.07 Å². The number of hydrogen-bond donors (Lipinski definition) is 1. The molecule has 0 radical (unpaired) electrons. The van der Waals surface area contributed by atoms with Gasteiger partial charge in [-0.15, -0.1) is 5.10 Å². The summed E-state index contributed by atoms with van der Waals surface area (Å²) in [6.07, 6.45) is 1.49. The first-order valence-corrected chi connectivity index (χ1v) is 3.67. The summed E-state index contributed by atoms with van der Waals surface area (Å²) in [4.78, 5) is 14.4. The number of aromatic carboxylic acids is 1. The van der Waals surface area contributed by atoms with Crippen LogP contribution in [0.1, 0.15) is 10.5 Å². The van der Waals surface area contributed by atoms with E-state index in [1.165, 1.54) is 16.8 Å². The average Bonchev–Trinajstić information content (AvgIpc) is 2.46. The first kappa shape index (κ1) is 7.93. The SMILES string of the molecule is O=C(O)c1nnn2ccc(Cl)nc12.